The van der Waals surface area contributed by atoms with Crippen LogP contribution in [0.3, 0.4) is 0 Å². The van der Waals surface area contributed by atoms with Gasteiger partial charge in [-0.2, -0.15) is 28.1 Å². The second kappa shape index (κ2) is 15.9. The van der Waals surface area contributed by atoms with Crippen molar-refractivity contribution >= 4 is 58.8 Å². The second-order valence-corrected chi connectivity index (χ2v) is 12.4. The lowest BCUT2D eigenvalue weighted by atomic mass is 10.1. The van der Waals surface area contributed by atoms with Gasteiger partial charge >= 0.3 is 6.18 Å². The first-order chi connectivity index (χ1) is 25.0. The molecule has 0 aliphatic carbocycles. The van der Waals surface area contributed by atoms with Gasteiger partial charge in [-0.25, -0.2) is 4.98 Å². The van der Waals surface area contributed by atoms with E-state index in [9.17, 15) is 27.6 Å². The minimum Gasteiger partial charge on any atom is -0.450 e. The Kier molecular flexibility index (Phi) is 11.3. The van der Waals surface area contributed by atoms with Crippen LogP contribution in [0.5, 0.6) is 0 Å². The number of fused-ring (bicyclic) bond motifs is 1. The number of benzene rings is 1. The van der Waals surface area contributed by atoms with E-state index in [1.807, 2.05) is 4.90 Å². The molecule has 0 bridgehead atoms. The number of nitrogens with two attached hydrogens (primary N) is 1. The number of nitrogens with zero attached hydrogens (tertiary/aromatic N) is 8. The zero-order valence-corrected chi connectivity index (χ0v) is 29.1. The molecule has 20 heteroatoms. The van der Waals surface area contributed by atoms with Crippen LogP contribution in [0.2, 0.25) is 0 Å². The number of anilines is 3. The third-order valence-corrected chi connectivity index (χ3v) is 8.96. The van der Waals surface area contributed by atoms with E-state index >= 15 is 0 Å². The summed E-state index contributed by atoms with van der Waals surface area (Å²) < 4.78 is 60.2. The fraction of sp³-hybridized carbons (Fsp3) is 0.424. The molecule has 53 heavy (non-hydrogen) atoms. The highest BCUT2D eigenvalue weighted by Crippen LogP contribution is 2.38. The first-order valence-corrected chi connectivity index (χ1v) is 16.7. The highest BCUT2D eigenvalue weighted by atomic mass is 35.5. The molecule has 282 valence electrons. The Bertz CT molecular complexity index is 1980. The number of nitrogens with one attached hydrogen (secondary N) is 1. The minimum atomic E-state index is -4.84. The van der Waals surface area contributed by atoms with Crippen molar-refractivity contribution in [3.05, 3.63) is 53.4 Å². The maximum atomic E-state index is 14.6. The number of carbonyl (C=O) groups is 3. The summed E-state index contributed by atoms with van der Waals surface area (Å²) in [7, 11) is 0. The highest BCUT2D eigenvalue weighted by Gasteiger charge is 2.36. The molecular formula is C33H36ClF3N10O6. The van der Waals surface area contributed by atoms with Gasteiger partial charge in [-0.15, -0.1) is 12.4 Å². The summed E-state index contributed by atoms with van der Waals surface area (Å²) in [6.07, 6.45) is -3.84. The number of primary amides is 1. The number of alkyl halides is 3. The molecule has 1 aromatic carbocycles. The summed E-state index contributed by atoms with van der Waals surface area (Å²) in [6, 6.07) is 7.20. The van der Waals surface area contributed by atoms with Crippen LogP contribution < -0.4 is 20.9 Å². The van der Waals surface area contributed by atoms with Crippen LogP contribution in [0.25, 0.3) is 22.4 Å². The van der Waals surface area contributed by atoms with E-state index in [2.05, 4.69) is 25.3 Å². The molecule has 3 aliphatic heterocycles. The van der Waals surface area contributed by atoms with Gasteiger partial charge in [0.2, 0.25) is 17.8 Å². The molecule has 0 radical (unpaired) electrons. The average Bonchev–Trinajstić information content (AvgIpc) is 3.59. The standard InChI is InChI=1S/C33H35F3N10O6.ClH/c34-33(35,36)23-17-25(39-26(47)19-43-8-12-50-13-9-43)38-18-22(23)29-40-31(42-32(41-29)46-10-14-51-15-11-46)45-6-4-44(5-7-45)30(49)24-16-20-2-1-3-21(28(37)48)27(20)52-24;/h1-3,16-18H,4-15,19H2,(H2,37,48)(H,38,39,47);1H. The number of halogens is 4. The highest BCUT2D eigenvalue weighted by molar-refractivity contribution is 6.06. The van der Waals surface area contributed by atoms with Gasteiger partial charge in [0.25, 0.3) is 11.8 Å². The first-order valence-electron chi connectivity index (χ1n) is 16.7. The zero-order chi connectivity index (χ0) is 36.4. The molecule has 0 saturated carbocycles. The third-order valence-electron chi connectivity index (χ3n) is 8.96. The second-order valence-electron chi connectivity index (χ2n) is 12.4. The summed E-state index contributed by atoms with van der Waals surface area (Å²) in [5, 5.41) is 3.03. The van der Waals surface area contributed by atoms with Crippen LogP contribution in [-0.4, -0.2) is 133 Å². The molecule has 3 saturated heterocycles. The lowest BCUT2D eigenvalue weighted by molar-refractivity contribution is -0.137. The van der Waals surface area contributed by atoms with Gasteiger partial charge in [0.15, 0.2) is 11.6 Å². The first kappa shape index (κ1) is 37.6. The Hall–Kier alpha value is -5.11. The summed E-state index contributed by atoms with van der Waals surface area (Å²) in [4.78, 5) is 62.6. The number of amides is 3. The van der Waals surface area contributed by atoms with Crippen LogP contribution in [0.4, 0.5) is 30.9 Å². The molecule has 3 fully saturated rings. The number of rotatable bonds is 8. The number of hydrogen-bond donors (Lipinski definition) is 2. The van der Waals surface area contributed by atoms with Crippen molar-refractivity contribution in [1.82, 2.24) is 29.7 Å². The molecular weight excluding hydrogens is 725 g/mol. The normalized spacial score (nSPS) is 17.1. The van der Waals surface area contributed by atoms with Gasteiger partial charge in [-0.3, -0.25) is 19.3 Å². The van der Waals surface area contributed by atoms with E-state index in [1.165, 1.54) is 6.07 Å². The molecule has 6 heterocycles. The van der Waals surface area contributed by atoms with Crippen molar-refractivity contribution in [3.63, 3.8) is 0 Å². The average molecular weight is 761 g/mol. The zero-order valence-electron chi connectivity index (χ0n) is 28.3. The van der Waals surface area contributed by atoms with E-state index in [0.29, 0.717) is 58.0 Å². The van der Waals surface area contributed by atoms with Gasteiger partial charge in [0, 0.05) is 63.9 Å². The topological polar surface area (TPSA) is 185 Å². The van der Waals surface area contributed by atoms with Crippen LogP contribution in [0.15, 0.2) is 40.9 Å². The molecule has 3 amide bonds. The number of para-hydroxylation sites is 1. The van der Waals surface area contributed by atoms with Crippen LogP contribution in [-0.2, 0) is 20.4 Å². The van der Waals surface area contributed by atoms with Crippen molar-refractivity contribution in [3.8, 4) is 11.4 Å². The van der Waals surface area contributed by atoms with Crippen LogP contribution in [0, 0.1) is 0 Å². The number of pyridine rings is 1. The smallest absolute Gasteiger partial charge is 0.417 e. The molecule has 4 aromatic rings. The summed E-state index contributed by atoms with van der Waals surface area (Å²) >= 11 is 0. The number of ether oxygens (including phenoxy) is 2. The quantitative estimate of drug-likeness (QED) is 0.267. The number of aromatic nitrogens is 4. The Labute approximate surface area is 306 Å². The van der Waals surface area contributed by atoms with Crippen molar-refractivity contribution in [1.29, 1.82) is 0 Å². The number of hydrogen-bond acceptors (Lipinski definition) is 13. The van der Waals surface area contributed by atoms with E-state index < -0.39 is 29.5 Å². The fourth-order valence-electron chi connectivity index (χ4n) is 6.23. The SMILES string of the molecule is Cl.NC(=O)c1cccc2cc(C(=O)N3CCN(c4nc(-c5cnc(NC(=O)CN6CCOCC6)cc5C(F)(F)F)nc(N5CCOCC5)n4)CC3)oc12. The lowest BCUT2D eigenvalue weighted by Crippen LogP contribution is -2.49. The van der Waals surface area contributed by atoms with E-state index in [4.69, 9.17) is 19.6 Å². The molecule has 0 unspecified atom stereocenters. The third kappa shape index (κ3) is 8.43. The molecule has 0 atom stereocenters. The van der Waals surface area contributed by atoms with Crippen LogP contribution in [0.1, 0.15) is 26.5 Å². The van der Waals surface area contributed by atoms with Gasteiger partial charge in [0.1, 0.15) is 11.4 Å². The summed E-state index contributed by atoms with van der Waals surface area (Å²) in [6.45, 7) is 4.54. The van der Waals surface area contributed by atoms with Gasteiger partial charge in [-0.1, -0.05) is 12.1 Å². The number of morpholine rings is 2. The van der Waals surface area contributed by atoms with Gasteiger partial charge < -0.3 is 39.6 Å². The minimum absolute atomic E-state index is 0. The van der Waals surface area contributed by atoms with Crippen molar-refractivity contribution in [2.24, 2.45) is 5.73 Å². The molecule has 16 nitrogen and oxygen atoms in total. The van der Waals surface area contributed by atoms with E-state index in [0.717, 1.165) is 12.3 Å². The fourth-order valence-corrected chi connectivity index (χ4v) is 6.23. The summed E-state index contributed by atoms with van der Waals surface area (Å²) in [5.74, 6) is -1.73. The Balaban J connectivity index is 0.00000481. The Morgan fingerprint density at radius 1 is 0.849 bits per heavy atom. The number of piperazine rings is 1. The predicted molar refractivity (Wildman–Crippen MR) is 187 cm³/mol. The Morgan fingerprint density at radius 2 is 1.49 bits per heavy atom. The molecule has 0 spiro atoms. The van der Waals surface area contributed by atoms with Crippen molar-refractivity contribution in [2.45, 2.75) is 6.18 Å². The Morgan fingerprint density at radius 3 is 2.13 bits per heavy atom. The monoisotopic (exact) mass is 760 g/mol. The molecule has 3 aliphatic rings. The predicted octanol–water partition coefficient (Wildman–Crippen LogP) is 2.29. The van der Waals surface area contributed by atoms with E-state index in [1.54, 1.807) is 32.9 Å². The molecule has 3 aromatic heterocycles. The van der Waals surface area contributed by atoms with Crippen molar-refractivity contribution in [2.75, 3.05) is 100 Å². The largest absolute Gasteiger partial charge is 0.450 e. The maximum absolute atomic E-state index is 14.6. The summed E-state index contributed by atoms with van der Waals surface area (Å²) in [5.41, 5.74) is 4.39. The number of furan rings is 1. The molecule has 7 rings (SSSR count). The van der Waals surface area contributed by atoms with Gasteiger partial charge in [-0.05, 0) is 18.2 Å². The van der Waals surface area contributed by atoms with E-state index in [-0.39, 0.29) is 91.1 Å². The maximum Gasteiger partial charge on any atom is 0.417 e. The molecule has 3 N–H and O–H groups in total. The van der Waals surface area contributed by atoms with Gasteiger partial charge in [0.05, 0.1) is 49.7 Å². The van der Waals surface area contributed by atoms with Crippen molar-refractivity contribution < 1.29 is 41.4 Å². The van der Waals surface area contributed by atoms with Crippen LogP contribution >= 0.6 is 12.4 Å². The lowest BCUT2D eigenvalue weighted by Gasteiger charge is -2.35. The number of carbonyl (C=O) groups excluding carboxylic acids is 3.